The molecule has 2 aromatic rings. The molecule has 0 aliphatic heterocycles. The number of hydrogen-bond acceptors (Lipinski definition) is 5. The van der Waals surface area contributed by atoms with Gasteiger partial charge in [0.2, 0.25) is 0 Å². The summed E-state index contributed by atoms with van der Waals surface area (Å²) in [5.41, 5.74) is 0.458. The van der Waals surface area contributed by atoms with Crippen LogP contribution in [0, 0.1) is 0 Å². The molecule has 2 rings (SSSR count). The van der Waals surface area contributed by atoms with Crippen LogP contribution in [0.15, 0.2) is 15.3 Å². The lowest BCUT2D eigenvalue weighted by atomic mass is 10.3. The van der Waals surface area contributed by atoms with Crippen molar-refractivity contribution >= 4 is 49.4 Å². The first-order chi connectivity index (χ1) is 9.97. The average Bonchev–Trinajstić information content (AvgIpc) is 3.03. The van der Waals surface area contributed by atoms with Gasteiger partial charge >= 0.3 is 5.97 Å². The first-order valence-electron chi connectivity index (χ1n) is 5.84. The average molecular weight is 421 g/mol. The second-order valence-electron chi connectivity index (χ2n) is 3.89. The Hall–Kier alpha value is -1.68. The van der Waals surface area contributed by atoms with Crippen LogP contribution < -0.4 is 5.32 Å². The van der Waals surface area contributed by atoms with Crippen molar-refractivity contribution in [2.75, 3.05) is 12.4 Å². The van der Waals surface area contributed by atoms with Gasteiger partial charge in [-0.25, -0.2) is 4.79 Å². The fourth-order valence-electron chi connectivity index (χ4n) is 1.56. The van der Waals surface area contributed by atoms with Crippen LogP contribution in [0.5, 0.6) is 0 Å². The van der Waals surface area contributed by atoms with Crippen LogP contribution in [0.2, 0.25) is 0 Å². The molecule has 112 valence electrons. The SMILES string of the molecule is CCn1cc(NC(=O)c2n[nH]c(Br)c2Br)c(C(=O)OC)n1. The molecule has 2 aromatic heterocycles. The molecule has 21 heavy (non-hydrogen) atoms. The molecule has 2 N–H and O–H groups in total. The molecular weight excluding hydrogens is 410 g/mol. The minimum Gasteiger partial charge on any atom is -0.464 e. The van der Waals surface area contributed by atoms with E-state index in [1.165, 1.54) is 11.8 Å². The molecule has 0 spiro atoms. The van der Waals surface area contributed by atoms with E-state index in [4.69, 9.17) is 0 Å². The molecular formula is C11H11Br2N5O3. The summed E-state index contributed by atoms with van der Waals surface area (Å²) in [7, 11) is 1.25. The van der Waals surface area contributed by atoms with Crippen molar-refractivity contribution in [2.24, 2.45) is 0 Å². The van der Waals surface area contributed by atoms with E-state index in [1.807, 2.05) is 6.92 Å². The number of carbonyl (C=O) groups excluding carboxylic acids is 2. The zero-order valence-corrected chi connectivity index (χ0v) is 14.3. The predicted molar refractivity (Wildman–Crippen MR) is 81.2 cm³/mol. The Labute approximate surface area is 136 Å². The standard InChI is InChI=1S/C11H11Br2N5O3/c1-3-18-4-5(7(17-18)11(20)21-2)14-10(19)8-6(12)9(13)16-15-8/h4H,3H2,1-2H3,(H,14,19)(H,15,16). The number of nitrogens with one attached hydrogen (secondary N) is 2. The van der Waals surface area contributed by atoms with Crippen LogP contribution in [0.1, 0.15) is 27.9 Å². The van der Waals surface area contributed by atoms with Crippen LogP contribution in [0.4, 0.5) is 5.69 Å². The molecule has 0 aliphatic rings. The molecule has 0 atom stereocenters. The third kappa shape index (κ3) is 3.16. The quantitative estimate of drug-likeness (QED) is 0.738. The van der Waals surface area contributed by atoms with Crippen molar-refractivity contribution in [3.8, 4) is 0 Å². The lowest BCUT2D eigenvalue weighted by Crippen LogP contribution is -2.15. The lowest BCUT2D eigenvalue weighted by Gasteiger charge is -2.02. The van der Waals surface area contributed by atoms with Gasteiger partial charge in [-0.15, -0.1) is 0 Å². The van der Waals surface area contributed by atoms with Gasteiger partial charge in [0.05, 0.1) is 17.3 Å². The summed E-state index contributed by atoms with van der Waals surface area (Å²) in [5, 5.41) is 13.1. The van der Waals surface area contributed by atoms with Gasteiger partial charge in [-0.2, -0.15) is 10.2 Å². The number of esters is 1. The van der Waals surface area contributed by atoms with Gasteiger partial charge in [-0.3, -0.25) is 14.6 Å². The van der Waals surface area contributed by atoms with Crippen LogP contribution in [0.25, 0.3) is 0 Å². The predicted octanol–water partition coefficient (Wildman–Crippen LogP) is 2.19. The normalized spacial score (nSPS) is 10.5. The number of hydrogen-bond donors (Lipinski definition) is 2. The largest absolute Gasteiger partial charge is 0.464 e. The topological polar surface area (TPSA) is 102 Å². The maximum atomic E-state index is 12.2. The summed E-state index contributed by atoms with van der Waals surface area (Å²) in [6.45, 7) is 2.42. The fourth-order valence-corrected chi connectivity index (χ4v) is 2.20. The van der Waals surface area contributed by atoms with E-state index >= 15 is 0 Å². The van der Waals surface area contributed by atoms with Crippen molar-refractivity contribution in [2.45, 2.75) is 13.5 Å². The highest BCUT2D eigenvalue weighted by Gasteiger charge is 2.22. The summed E-state index contributed by atoms with van der Waals surface area (Å²) in [4.78, 5) is 23.8. The van der Waals surface area contributed by atoms with Crippen molar-refractivity contribution in [3.63, 3.8) is 0 Å². The molecule has 0 bridgehead atoms. The minimum atomic E-state index is -0.625. The molecule has 1 amide bonds. The second kappa shape index (κ2) is 6.39. The van der Waals surface area contributed by atoms with Gasteiger partial charge in [0.1, 0.15) is 4.60 Å². The number of ether oxygens (including phenoxy) is 1. The van der Waals surface area contributed by atoms with Gasteiger partial charge in [-0.05, 0) is 38.8 Å². The first kappa shape index (κ1) is 15.7. The third-order valence-electron chi connectivity index (χ3n) is 2.59. The molecule has 0 saturated carbocycles. The molecule has 0 fully saturated rings. The number of nitrogens with zero attached hydrogens (tertiary/aromatic N) is 3. The number of rotatable bonds is 4. The number of amides is 1. The highest BCUT2D eigenvalue weighted by atomic mass is 79.9. The number of anilines is 1. The summed E-state index contributed by atoms with van der Waals surface area (Å²) in [5.74, 6) is -1.11. The monoisotopic (exact) mass is 419 g/mol. The Kier molecular flexibility index (Phi) is 4.78. The van der Waals surface area contributed by atoms with E-state index in [0.29, 0.717) is 15.6 Å². The number of carbonyl (C=O) groups is 2. The zero-order chi connectivity index (χ0) is 15.6. The van der Waals surface area contributed by atoms with Crippen LogP contribution in [-0.2, 0) is 11.3 Å². The summed E-state index contributed by atoms with van der Waals surface area (Å²) < 4.78 is 7.21. The van der Waals surface area contributed by atoms with Crippen molar-refractivity contribution in [1.82, 2.24) is 20.0 Å². The Bertz CT molecular complexity index is 694. The number of aryl methyl sites for hydroxylation is 1. The molecule has 8 nitrogen and oxygen atoms in total. The van der Waals surface area contributed by atoms with E-state index in [0.717, 1.165) is 0 Å². The number of H-pyrrole nitrogens is 1. The third-order valence-corrected chi connectivity index (χ3v) is 4.47. The number of methoxy groups -OCH3 is 1. The molecule has 0 unspecified atom stereocenters. The lowest BCUT2D eigenvalue weighted by molar-refractivity contribution is 0.0594. The maximum Gasteiger partial charge on any atom is 0.360 e. The molecule has 2 heterocycles. The molecule has 0 aromatic carbocycles. The molecule has 0 saturated heterocycles. The second-order valence-corrected chi connectivity index (χ2v) is 5.48. The summed E-state index contributed by atoms with van der Waals surface area (Å²) >= 11 is 6.43. The highest BCUT2D eigenvalue weighted by Crippen LogP contribution is 2.25. The van der Waals surface area contributed by atoms with Crippen LogP contribution in [0.3, 0.4) is 0 Å². The molecule has 10 heteroatoms. The van der Waals surface area contributed by atoms with Crippen molar-refractivity contribution < 1.29 is 14.3 Å². The minimum absolute atomic E-state index is 0.0402. The number of aromatic nitrogens is 4. The van der Waals surface area contributed by atoms with Gasteiger partial charge in [0.15, 0.2) is 11.4 Å². The van der Waals surface area contributed by atoms with Crippen LogP contribution >= 0.6 is 31.9 Å². The van der Waals surface area contributed by atoms with Crippen LogP contribution in [-0.4, -0.2) is 39.0 Å². The van der Waals surface area contributed by atoms with Gasteiger partial charge in [-0.1, -0.05) is 0 Å². The Morgan fingerprint density at radius 1 is 1.43 bits per heavy atom. The van der Waals surface area contributed by atoms with Gasteiger partial charge in [0.25, 0.3) is 5.91 Å². The first-order valence-corrected chi connectivity index (χ1v) is 7.43. The Morgan fingerprint density at radius 2 is 2.14 bits per heavy atom. The van der Waals surface area contributed by atoms with E-state index in [2.05, 4.69) is 57.2 Å². The Balaban J connectivity index is 2.30. The van der Waals surface area contributed by atoms with Crippen molar-refractivity contribution in [3.05, 3.63) is 26.7 Å². The zero-order valence-electron chi connectivity index (χ0n) is 11.1. The van der Waals surface area contributed by atoms with E-state index in [1.54, 1.807) is 6.20 Å². The fraction of sp³-hybridized carbons (Fsp3) is 0.273. The van der Waals surface area contributed by atoms with Crippen molar-refractivity contribution in [1.29, 1.82) is 0 Å². The number of aromatic amines is 1. The summed E-state index contributed by atoms with van der Waals surface area (Å²) in [6, 6.07) is 0. The number of halogens is 2. The smallest absolute Gasteiger partial charge is 0.360 e. The highest BCUT2D eigenvalue weighted by molar-refractivity contribution is 9.13. The van der Waals surface area contributed by atoms with Gasteiger partial charge in [0, 0.05) is 12.7 Å². The maximum absolute atomic E-state index is 12.2. The van der Waals surface area contributed by atoms with E-state index < -0.39 is 11.9 Å². The molecule has 0 radical (unpaired) electrons. The molecule has 0 aliphatic carbocycles. The van der Waals surface area contributed by atoms with E-state index in [-0.39, 0.29) is 17.1 Å². The summed E-state index contributed by atoms with van der Waals surface area (Å²) in [6.07, 6.45) is 1.56. The van der Waals surface area contributed by atoms with Gasteiger partial charge < -0.3 is 10.1 Å². The Morgan fingerprint density at radius 3 is 2.67 bits per heavy atom. The van der Waals surface area contributed by atoms with E-state index in [9.17, 15) is 9.59 Å².